The topological polar surface area (TPSA) is 43.2 Å². The van der Waals surface area contributed by atoms with Crippen LogP contribution in [0.1, 0.15) is 40.2 Å². The van der Waals surface area contributed by atoms with E-state index >= 15 is 0 Å². The first-order valence-corrected chi connectivity index (χ1v) is 14.9. The Bertz CT molecular complexity index is 1530. The van der Waals surface area contributed by atoms with Crippen molar-refractivity contribution in [3.8, 4) is 16.3 Å². The highest BCUT2D eigenvalue weighted by Crippen LogP contribution is 2.42. The summed E-state index contributed by atoms with van der Waals surface area (Å²) in [4.78, 5) is 8.06. The molecule has 1 aliphatic rings. The van der Waals surface area contributed by atoms with Gasteiger partial charge in [0.25, 0.3) is 0 Å². The summed E-state index contributed by atoms with van der Waals surface area (Å²) in [7, 11) is 1.66. The molecule has 0 spiro atoms. The van der Waals surface area contributed by atoms with Crippen molar-refractivity contribution >= 4 is 22.9 Å². The van der Waals surface area contributed by atoms with Gasteiger partial charge in [-0.05, 0) is 67.7 Å². The Morgan fingerprint density at radius 1 is 0.900 bits per heavy atom. The fourth-order valence-electron chi connectivity index (χ4n) is 5.95. The second-order valence-electron chi connectivity index (χ2n) is 10.5. The Hall–Kier alpha value is -3.45. The molecule has 40 heavy (non-hydrogen) atoms. The fraction of sp³-hybridized carbons (Fsp3) is 0.273. The van der Waals surface area contributed by atoms with Crippen LogP contribution in [0.3, 0.4) is 0 Å². The highest BCUT2D eigenvalue weighted by Gasteiger charge is 2.37. The lowest BCUT2D eigenvalue weighted by Gasteiger charge is -2.42. The van der Waals surface area contributed by atoms with Crippen molar-refractivity contribution in [2.24, 2.45) is 0 Å². The predicted molar refractivity (Wildman–Crippen MR) is 163 cm³/mol. The van der Waals surface area contributed by atoms with E-state index in [2.05, 4.69) is 88.9 Å². The molecule has 0 radical (unpaired) electrons. The standard InChI is InChI=1S/C33H33ClN4OS/c1-24-35-32(39-2)31(40-24)30-21-28(34)14-13-25(30)22-38-18-15-29(36-38)23-37-19-16-33(17-20-37,26-9-5-3-6-10-26)27-11-7-4-8-12-27/h3-15,18,21H,16-17,19-20,22-23H2,1-2H3. The molecular formula is C33H33ClN4OS. The summed E-state index contributed by atoms with van der Waals surface area (Å²) in [5.74, 6) is 0.638. The number of nitrogens with zero attached hydrogens (tertiary/aromatic N) is 4. The molecule has 6 rings (SSSR count). The van der Waals surface area contributed by atoms with Crippen LogP contribution in [0.15, 0.2) is 91.1 Å². The summed E-state index contributed by atoms with van der Waals surface area (Å²) in [6.07, 6.45) is 4.25. The molecule has 1 fully saturated rings. The van der Waals surface area contributed by atoms with E-state index in [0.29, 0.717) is 17.4 Å². The monoisotopic (exact) mass is 568 g/mol. The van der Waals surface area contributed by atoms with Crippen molar-refractivity contribution in [3.63, 3.8) is 0 Å². The van der Waals surface area contributed by atoms with E-state index in [4.69, 9.17) is 21.4 Å². The number of aryl methyl sites for hydroxylation is 1. The normalized spacial score (nSPS) is 15.3. The molecule has 3 aromatic carbocycles. The highest BCUT2D eigenvalue weighted by atomic mass is 35.5. The van der Waals surface area contributed by atoms with Crippen molar-refractivity contribution in [2.75, 3.05) is 20.2 Å². The van der Waals surface area contributed by atoms with Crippen LogP contribution < -0.4 is 4.74 Å². The summed E-state index contributed by atoms with van der Waals surface area (Å²) in [5, 5.41) is 6.61. The largest absolute Gasteiger partial charge is 0.480 e. The van der Waals surface area contributed by atoms with Gasteiger partial charge in [0.15, 0.2) is 0 Å². The van der Waals surface area contributed by atoms with Gasteiger partial charge in [-0.3, -0.25) is 9.58 Å². The Morgan fingerprint density at radius 3 is 2.23 bits per heavy atom. The quantitative estimate of drug-likeness (QED) is 0.193. The molecule has 5 nitrogen and oxygen atoms in total. The van der Waals surface area contributed by atoms with E-state index in [1.54, 1.807) is 18.4 Å². The van der Waals surface area contributed by atoms with Crippen LogP contribution in [-0.2, 0) is 18.5 Å². The smallest absolute Gasteiger partial charge is 0.232 e. The molecule has 0 unspecified atom stereocenters. The molecule has 0 atom stereocenters. The van der Waals surface area contributed by atoms with Crippen molar-refractivity contribution in [2.45, 2.75) is 38.3 Å². The van der Waals surface area contributed by atoms with Gasteiger partial charge in [0, 0.05) is 28.7 Å². The number of aromatic nitrogens is 3. The van der Waals surface area contributed by atoms with Crippen LogP contribution in [0, 0.1) is 6.92 Å². The molecule has 7 heteroatoms. The first-order chi connectivity index (χ1) is 19.5. The van der Waals surface area contributed by atoms with Crippen LogP contribution in [0.4, 0.5) is 0 Å². The lowest BCUT2D eigenvalue weighted by molar-refractivity contribution is 0.170. The van der Waals surface area contributed by atoms with Gasteiger partial charge in [-0.2, -0.15) is 5.10 Å². The zero-order valence-corrected chi connectivity index (χ0v) is 24.5. The maximum atomic E-state index is 6.40. The first kappa shape index (κ1) is 26.8. The van der Waals surface area contributed by atoms with Crippen molar-refractivity contribution in [1.82, 2.24) is 19.7 Å². The van der Waals surface area contributed by atoms with Gasteiger partial charge >= 0.3 is 0 Å². The summed E-state index contributed by atoms with van der Waals surface area (Å²) in [5.41, 5.74) is 6.15. The molecule has 3 heterocycles. The van der Waals surface area contributed by atoms with Crippen molar-refractivity contribution < 1.29 is 4.74 Å². The van der Waals surface area contributed by atoms with Crippen LogP contribution in [0.2, 0.25) is 5.02 Å². The van der Waals surface area contributed by atoms with E-state index < -0.39 is 0 Å². The molecule has 5 aromatic rings. The van der Waals surface area contributed by atoms with Gasteiger partial charge in [-0.25, -0.2) is 4.98 Å². The highest BCUT2D eigenvalue weighted by molar-refractivity contribution is 7.15. The zero-order valence-electron chi connectivity index (χ0n) is 22.9. The third kappa shape index (κ3) is 5.44. The number of hydrogen-bond acceptors (Lipinski definition) is 5. The number of likely N-dealkylation sites (tertiary alicyclic amines) is 1. The SMILES string of the molecule is COc1nc(C)sc1-c1cc(Cl)ccc1Cn1ccc(CN2CCC(c3ccccc3)(c3ccccc3)CC2)n1. The number of piperidine rings is 1. The van der Waals surface area contributed by atoms with Crippen LogP contribution in [0.25, 0.3) is 10.4 Å². The minimum Gasteiger partial charge on any atom is -0.480 e. The second-order valence-corrected chi connectivity index (χ2v) is 12.1. The number of rotatable bonds is 8. The number of hydrogen-bond donors (Lipinski definition) is 0. The molecule has 1 aliphatic heterocycles. The van der Waals surface area contributed by atoms with Crippen molar-refractivity contribution in [1.29, 1.82) is 0 Å². The number of methoxy groups -OCH3 is 1. The third-order valence-corrected chi connectivity index (χ3v) is 9.21. The van der Waals surface area contributed by atoms with Crippen LogP contribution in [-0.4, -0.2) is 39.9 Å². The maximum absolute atomic E-state index is 6.40. The Balaban J connectivity index is 1.17. The lowest BCUT2D eigenvalue weighted by atomic mass is 9.68. The van der Waals surface area contributed by atoms with Gasteiger partial charge in [0.05, 0.1) is 29.2 Å². The predicted octanol–water partition coefficient (Wildman–Crippen LogP) is 7.61. The first-order valence-electron chi connectivity index (χ1n) is 13.7. The summed E-state index contributed by atoms with van der Waals surface area (Å²) < 4.78 is 7.57. The number of thiazole rings is 1. The van der Waals surface area contributed by atoms with E-state index in [-0.39, 0.29) is 5.41 Å². The lowest BCUT2D eigenvalue weighted by Crippen LogP contribution is -2.43. The molecule has 0 amide bonds. The Kier molecular flexibility index (Phi) is 7.74. The molecule has 0 bridgehead atoms. The molecule has 0 saturated carbocycles. The number of benzene rings is 3. The van der Waals surface area contributed by atoms with E-state index in [1.165, 1.54) is 11.1 Å². The van der Waals surface area contributed by atoms with E-state index in [1.807, 2.05) is 23.7 Å². The van der Waals surface area contributed by atoms with E-state index in [9.17, 15) is 0 Å². The molecular weight excluding hydrogens is 536 g/mol. The molecule has 2 aromatic heterocycles. The van der Waals surface area contributed by atoms with Crippen LogP contribution in [0.5, 0.6) is 5.88 Å². The second kappa shape index (κ2) is 11.6. The van der Waals surface area contributed by atoms with Gasteiger partial charge < -0.3 is 4.74 Å². The zero-order chi connectivity index (χ0) is 27.5. The molecule has 204 valence electrons. The van der Waals surface area contributed by atoms with Gasteiger partial charge in [-0.15, -0.1) is 11.3 Å². The average Bonchev–Trinajstić information content (AvgIpc) is 3.60. The van der Waals surface area contributed by atoms with Crippen molar-refractivity contribution in [3.05, 3.63) is 124 Å². The van der Waals surface area contributed by atoms with Gasteiger partial charge in [0.2, 0.25) is 5.88 Å². The number of ether oxygens (including phenoxy) is 1. The van der Waals surface area contributed by atoms with Crippen LogP contribution >= 0.6 is 22.9 Å². The Labute approximate surface area is 245 Å². The summed E-state index contributed by atoms with van der Waals surface area (Å²) >= 11 is 8.02. The molecule has 0 N–H and O–H groups in total. The minimum atomic E-state index is 0.0550. The maximum Gasteiger partial charge on any atom is 0.232 e. The average molecular weight is 569 g/mol. The fourth-order valence-corrected chi connectivity index (χ4v) is 7.06. The number of halogens is 1. The summed E-state index contributed by atoms with van der Waals surface area (Å²) in [6, 6.07) is 30.2. The third-order valence-electron chi connectivity index (χ3n) is 7.99. The van der Waals surface area contributed by atoms with E-state index in [0.717, 1.165) is 59.2 Å². The van der Waals surface area contributed by atoms with Gasteiger partial charge in [0.1, 0.15) is 0 Å². The molecule has 1 saturated heterocycles. The summed E-state index contributed by atoms with van der Waals surface area (Å²) in [6.45, 7) is 5.55. The van der Waals surface area contributed by atoms with Gasteiger partial charge in [-0.1, -0.05) is 78.3 Å². The Morgan fingerprint density at radius 2 is 1.57 bits per heavy atom. The molecule has 0 aliphatic carbocycles. The minimum absolute atomic E-state index is 0.0550.